The minimum absolute atomic E-state index is 0.218. The molecule has 2 fully saturated rings. The van der Waals surface area contributed by atoms with Crippen molar-refractivity contribution >= 4 is 43.9 Å². The van der Waals surface area contributed by atoms with Crippen molar-refractivity contribution in [3.63, 3.8) is 0 Å². The third kappa shape index (κ3) is 12.2. The predicted molar refractivity (Wildman–Crippen MR) is 156 cm³/mol. The lowest BCUT2D eigenvalue weighted by Gasteiger charge is -2.48. The average molecular weight is 679 g/mol. The summed E-state index contributed by atoms with van der Waals surface area (Å²) in [6, 6.07) is 0.714. The van der Waals surface area contributed by atoms with Gasteiger partial charge in [0.2, 0.25) is 0 Å². The second-order valence-electron chi connectivity index (χ2n) is 12.2. The topological polar surface area (TPSA) is 195 Å². The first kappa shape index (κ1) is 39.1. The lowest BCUT2D eigenvalue weighted by Crippen LogP contribution is -2.66. The minimum atomic E-state index is -1.58. The molecule has 2 heterocycles. The summed E-state index contributed by atoms with van der Waals surface area (Å²) in [4.78, 5) is 72.7. The van der Waals surface area contributed by atoms with Crippen LogP contribution in [0.1, 0.15) is 48.5 Å². The van der Waals surface area contributed by atoms with Crippen molar-refractivity contribution in [2.45, 2.75) is 136 Å². The Balaban J connectivity index is 2.61. The van der Waals surface area contributed by atoms with Crippen LogP contribution >= 0.6 is 0 Å². The zero-order valence-corrected chi connectivity index (χ0v) is 28.9. The Morgan fingerprint density at radius 3 is 1.46 bits per heavy atom. The Morgan fingerprint density at radius 2 is 1.00 bits per heavy atom. The van der Waals surface area contributed by atoms with Crippen LogP contribution in [0.3, 0.4) is 0 Å². The highest BCUT2D eigenvalue weighted by molar-refractivity contribution is 6.76. The minimum Gasteiger partial charge on any atom is -0.463 e. The summed E-state index contributed by atoms with van der Waals surface area (Å²) in [5, 5.41) is 0. The van der Waals surface area contributed by atoms with E-state index in [0.717, 1.165) is 34.6 Å². The Bertz CT molecular complexity index is 1110. The van der Waals surface area contributed by atoms with Gasteiger partial charge >= 0.3 is 35.8 Å². The first-order chi connectivity index (χ1) is 21.3. The molecule has 262 valence electrons. The molecule has 0 spiro atoms. The number of carbonyl (C=O) groups excluding carboxylic acids is 6. The molecule has 2 saturated heterocycles. The lowest BCUT2D eigenvalue weighted by atomic mass is 9.96. The summed E-state index contributed by atoms with van der Waals surface area (Å²) >= 11 is 0. The van der Waals surface area contributed by atoms with Gasteiger partial charge in [-0.2, -0.15) is 0 Å². The summed E-state index contributed by atoms with van der Waals surface area (Å²) in [6.07, 6.45) is -13.4. The maximum absolute atomic E-state index is 12.4. The summed E-state index contributed by atoms with van der Waals surface area (Å²) in [5.74, 6) is -4.53. The van der Waals surface area contributed by atoms with Crippen LogP contribution in [0.2, 0.25) is 25.7 Å². The van der Waals surface area contributed by atoms with Crippen LogP contribution in [0, 0.1) is 0 Å². The van der Waals surface area contributed by atoms with E-state index in [4.69, 9.17) is 47.4 Å². The smallest absolute Gasteiger partial charge is 0.303 e. The Labute approximate surface area is 268 Å². The zero-order valence-electron chi connectivity index (χ0n) is 27.9. The quantitative estimate of drug-likeness (QED) is 0.154. The van der Waals surface area contributed by atoms with Crippen molar-refractivity contribution in [2.24, 2.45) is 0 Å². The summed E-state index contributed by atoms with van der Waals surface area (Å²) in [7, 11) is -1.58. The normalized spacial score (nSPS) is 31.2. The molecular formula is C29H46O16Si. The fourth-order valence-corrected chi connectivity index (χ4v) is 5.60. The van der Waals surface area contributed by atoms with Crippen molar-refractivity contribution in [1.82, 2.24) is 0 Å². The third-order valence-corrected chi connectivity index (χ3v) is 8.41. The fourth-order valence-electron chi connectivity index (χ4n) is 4.87. The number of rotatable bonds is 13. The van der Waals surface area contributed by atoms with E-state index < -0.39 is 112 Å². The molecule has 2 rings (SSSR count). The Morgan fingerprint density at radius 1 is 0.565 bits per heavy atom. The van der Waals surface area contributed by atoms with Crippen molar-refractivity contribution in [2.75, 3.05) is 13.2 Å². The molecule has 0 amide bonds. The summed E-state index contributed by atoms with van der Waals surface area (Å²) in [6.45, 7) is 14.5. The maximum Gasteiger partial charge on any atom is 0.303 e. The van der Waals surface area contributed by atoms with E-state index >= 15 is 0 Å². The van der Waals surface area contributed by atoms with Crippen LogP contribution in [-0.2, 0) is 76.1 Å². The Hall–Kier alpha value is -3.12. The van der Waals surface area contributed by atoms with Gasteiger partial charge < -0.3 is 47.4 Å². The monoisotopic (exact) mass is 678 g/mol. The summed E-state index contributed by atoms with van der Waals surface area (Å²) < 4.78 is 57.1. The number of ether oxygens (including phenoxy) is 10. The molecule has 0 aromatic heterocycles. The van der Waals surface area contributed by atoms with Gasteiger partial charge in [-0.15, -0.1) is 0 Å². The van der Waals surface area contributed by atoms with Gasteiger partial charge in [0.05, 0.1) is 6.10 Å². The largest absolute Gasteiger partial charge is 0.463 e. The van der Waals surface area contributed by atoms with Crippen molar-refractivity contribution in [3.05, 3.63) is 0 Å². The highest BCUT2D eigenvalue weighted by atomic mass is 28.3. The van der Waals surface area contributed by atoms with Crippen molar-refractivity contribution in [1.29, 1.82) is 0 Å². The van der Waals surface area contributed by atoms with E-state index in [0.29, 0.717) is 6.04 Å². The van der Waals surface area contributed by atoms with E-state index in [1.807, 2.05) is 0 Å². The molecule has 0 aliphatic carbocycles. The van der Waals surface area contributed by atoms with Gasteiger partial charge in [0.15, 0.2) is 43.1 Å². The molecule has 10 atom stereocenters. The lowest BCUT2D eigenvalue weighted by molar-refractivity contribution is -0.358. The first-order valence-corrected chi connectivity index (χ1v) is 18.6. The van der Waals surface area contributed by atoms with Gasteiger partial charge in [0.1, 0.15) is 18.8 Å². The van der Waals surface area contributed by atoms with E-state index in [1.165, 1.54) is 13.8 Å². The van der Waals surface area contributed by atoms with Gasteiger partial charge in [0.25, 0.3) is 0 Å². The second kappa shape index (κ2) is 17.1. The fraction of sp³-hybridized carbons (Fsp3) is 0.793. The molecule has 46 heavy (non-hydrogen) atoms. The zero-order chi connectivity index (χ0) is 34.9. The molecule has 17 heteroatoms. The van der Waals surface area contributed by atoms with Crippen LogP contribution in [0.4, 0.5) is 0 Å². The number of esters is 6. The standard InChI is InChI=1S/C29H46O16Si/c1-14-22(39-16(3)31)24(40-17(4)32)27(43-20(7)35)29(38-14)45-23-21(13-37-15(2)30)44-28(36-11-12-46(8,9)10)26(42-19(6)34)25(23)41-18(5)33/h14,21-29H,11-13H2,1-10H3/t14-,21-,22+,23+,24+,25+,26-,27-,28-,29-/m1/s1. The van der Waals surface area contributed by atoms with Crippen LogP contribution in [-0.4, -0.2) is 119 Å². The highest BCUT2D eigenvalue weighted by Crippen LogP contribution is 2.35. The average Bonchev–Trinajstić information content (AvgIpc) is 2.88. The van der Waals surface area contributed by atoms with E-state index in [9.17, 15) is 28.8 Å². The SMILES string of the molecule is CC(=O)OC[C@H]1O[C@@H](OCC[Si](C)(C)C)[C@H](OC(C)=O)[C@@H](OC(C)=O)[C@H]1O[C@H]1O[C@H](C)[C@H](OC(C)=O)[C@H](OC(C)=O)[C@H]1OC(C)=O. The second-order valence-corrected chi connectivity index (χ2v) is 17.8. The third-order valence-electron chi connectivity index (χ3n) is 6.71. The Kier molecular flexibility index (Phi) is 14.6. The molecule has 0 N–H and O–H groups in total. The molecule has 0 aromatic carbocycles. The van der Waals surface area contributed by atoms with Crippen LogP contribution in [0.5, 0.6) is 0 Å². The molecule has 2 aliphatic rings. The molecule has 0 saturated carbocycles. The van der Waals surface area contributed by atoms with Crippen LogP contribution in [0.15, 0.2) is 0 Å². The first-order valence-electron chi connectivity index (χ1n) is 14.9. The van der Waals surface area contributed by atoms with Crippen LogP contribution in [0.25, 0.3) is 0 Å². The van der Waals surface area contributed by atoms with Gasteiger partial charge in [-0.1, -0.05) is 19.6 Å². The molecule has 0 bridgehead atoms. The predicted octanol–water partition coefficient (Wildman–Crippen LogP) is 1.42. The van der Waals surface area contributed by atoms with E-state index in [2.05, 4.69) is 19.6 Å². The van der Waals surface area contributed by atoms with Crippen molar-refractivity contribution < 1.29 is 76.1 Å². The number of hydrogen-bond donors (Lipinski definition) is 0. The van der Waals surface area contributed by atoms with Gasteiger partial charge in [-0.05, 0) is 13.0 Å². The molecule has 0 radical (unpaired) electrons. The summed E-state index contributed by atoms with van der Waals surface area (Å²) in [5.41, 5.74) is 0. The van der Waals surface area contributed by atoms with Gasteiger partial charge in [0, 0.05) is 56.2 Å². The van der Waals surface area contributed by atoms with Crippen LogP contribution < -0.4 is 0 Å². The molecule has 16 nitrogen and oxygen atoms in total. The maximum atomic E-state index is 12.4. The molecular weight excluding hydrogens is 632 g/mol. The molecule has 0 aromatic rings. The number of carbonyl (C=O) groups is 6. The van der Waals surface area contributed by atoms with E-state index in [1.54, 1.807) is 0 Å². The van der Waals surface area contributed by atoms with Crippen molar-refractivity contribution in [3.8, 4) is 0 Å². The highest BCUT2D eigenvalue weighted by Gasteiger charge is 2.56. The molecule has 0 unspecified atom stereocenters. The van der Waals surface area contributed by atoms with Gasteiger partial charge in [-0.3, -0.25) is 28.8 Å². The van der Waals surface area contributed by atoms with E-state index in [-0.39, 0.29) is 6.61 Å². The number of hydrogen-bond acceptors (Lipinski definition) is 16. The molecule has 2 aliphatic heterocycles. The van der Waals surface area contributed by atoms with Gasteiger partial charge in [-0.25, -0.2) is 0 Å².